The summed E-state index contributed by atoms with van der Waals surface area (Å²) in [7, 11) is 0. The minimum atomic E-state index is -0.713. The molecule has 22 heavy (non-hydrogen) atoms. The Morgan fingerprint density at radius 2 is 2.23 bits per heavy atom. The lowest BCUT2D eigenvalue weighted by Gasteiger charge is -2.35. The van der Waals surface area contributed by atoms with Crippen LogP contribution in [-0.4, -0.2) is 28.2 Å². The smallest absolute Gasteiger partial charge is 0.244 e. The van der Waals surface area contributed by atoms with Crippen molar-refractivity contribution in [1.82, 2.24) is 9.88 Å². The maximum Gasteiger partial charge on any atom is 0.244 e. The summed E-state index contributed by atoms with van der Waals surface area (Å²) in [6, 6.07) is 13.1. The van der Waals surface area contributed by atoms with Gasteiger partial charge in [-0.25, -0.2) is 0 Å². The number of pyridine rings is 1. The van der Waals surface area contributed by atoms with Crippen molar-refractivity contribution >= 4 is 11.8 Å². The van der Waals surface area contributed by atoms with Crippen molar-refractivity contribution in [2.45, 2.75) is 18.9 Å². The zero-order valence-electron chi connectivity index (χ0n) is 12.0. The van der Waals surface area contributed by atoms with Crippen LogP contribution < -0.4 is 5.73 Å². The maximum absolute atomic E-state index is 12.6. The third-order valence-corrected chi connectivity index (χ3v) is 3.86. The van der Waals surface area contributed by atoms with E-state index in [2.05, 4.69) is 11.1 Å². The molecule has 1 radical (unpaired) electrons. The third-order valence-electron chi connectivity index (χ3n) is 3.86. The Kier molecular flexibility index (Phi) is 3.87. The molecule has 2 amide bonds. The predicted molar refractivity (Wildman–Crippen MR) is 80.6 cm³/mol. The molecular weight excluding hydrogens is 278 g/mol. The summed E-state index contributed by atoms with van der Waals surface area (Å²) in [4.78, 5) is 30.2. The molecule has 1 aliphatic heterocycles. The van der Waals surface area contributed by atoms with E-state index in [-0.39, 0.29) is 12.3 Å². The van der Waals surface area contributed by atoms with E-state index in [1.54, 1.807) is 29.3 Å². The van der Waals surface area contributed by atoms with Gasteiger partial charge >= 0.3 is 0 Å². The lowest BCUT2D eigenvalue weighted by Crippen LogP contribution is -2.46. The highest BCUT2D eigenvalue weighted by atomic mass is 16.2. The van der Waals surface area contributed by atoms with Crippen molar-refractivity contribution in [3.05, 3.63) is 65.5 Å². The van der Waals surface area contributed by atoms with Gasteiger partial charge in [-0.15, -0.1) is 0 Å². The summed E-state index contributed by atoms with van der Waals surface area (Å²) in [5.74, 6) is -0.650. The van der Waals surface area contributed by atoms with Gasteiger partial charge < -0.3 is 10.6 Å². The normalized spacial score (nSPS) is 16.9. The molecule has 0 bridgehead atoms. The summed E-state index contributed by atoms with van der Waals surface area (Å²) in [6.45, 7) is 0.476. The first-order valence-electron chi connectivity index (χ1n) is 7.14. The second-order valence-electron chi connectivity index (χ2n) is 5.26. The third kappa shape index (κ3) is 2.70. The van der Waals surface area contributed by atoms with E-state index in [4.69, 9.17) is 5.73 Å². The first-order chi connectivity index (χ1) is 10.7. The zero-order chi connectivity index (χ0) is 15.5. The second kappa shape index (κ2) is 5.97. The highest BCUT2D eigenvalue weighted by molar-refractivity contribution is 5.89. The highest BCUT2D eigenvalue weighted by Crippen LogP contribution is 2.29. The van der Waals surface area contributed by atoms with Gasteiger partial charge in [0.15, 0.2) is 0 Å². The van der Waals surface area contributed by atoms with Crippen molar-refractivity contribution in [3.8, 4) is 0 Å². The molecule has 1 aliphatic rings. The number of fused-ring (bicyclic) bond motifs is 1. The molecule has 3 rings (SSSR count). The van der Waals surface area contributed by atoms with Gasteiger partial charge in [-0.1, -0.05) is 24.3 Å². The Balaban J connectivity index is 1.87. The number of rotatable bonds is 3. The van der Waals surface area contributed by atoms with Gasteiger partial charge in [0.05, 0.1) is 6.42 Å². The summed E-state index contributed by atoms with van der Waals surface area (Å²) >= 11 is 0. The molecule has 2 N–H and O–H groups in total. The van der Waals surface area contributed by atoms with Crippen molar-refractivity contribution in [1.29, 1.82) is 0 Å². The van der Waals surface area contributed by atoms with E-state index in [9.17, 15) is 9.59 Å². The maximum atomic E-state index is 12.6. The number of carbonyl (C=O) groups is 2. The lowest BCUT2D eigenvalue weighted by molar-refractivity contribution is -0.139. The fourth-order valence-corrected chi connectivity index (χ4v) is 2.83. The molecule has 0 saturated carbocycles. The molecule has 1 aromatic heterocycles. The molecule has 2 aromatic rings. The van der Waals surface area contributed by atoms with Crippen LogP contribution in [0.15, 0.2) is 42.6 Å². The number of hydrogen-bond donors (Lipinski definition) is 1. The number of benzene rings is 1. The summed E-state index contributed by atoms with van der Waals surface area (Å²) < 4.78 is 0. The molecule has 0 spiro atoms. The minimum Gasteiger partial charge on any atom is -0.368 e. The fourth-order valence-electron chi connectivity index (χ4n) is 2.83. The van der Waals surface area contributed by atoms with E-state index in [0.717, 1.165) is 11.1 Å². The van der Waals surface area contributed by atoms with Crippen LogP contribution in [-0.2, 0) is 22.4 Å². The molecule has 5 nitrogen and oxygen atoms in total. The molecule has 1 aromatic carbocycles. The van der Waals surface area contributed by atoms with Crippen molar-refractivity contribution in [2.24, 2.45) is 5.73 Å². The molecule has 1 unspecified atom stereocenters. The molecule has 0 fully saturated rings. The van der Waals surface area contributed by atoms with E-state index < -0.39 is 11.9 Å². The van der Waals surface area contributed by atoms with Gasteiger partial charge in [0.25, 0.3) is 0 Å². The van der Waals surface area contributed by atoms with Crippen LogP contribution in [0.4, 0.5) is 0 Å². The van der Waals surface area contributed by atoms with Gasteiger partial charge in [0, 0.05) is 18.4 Å². The lowest BCUT2D eigenvalue weighted by atomic mass is 9.92. The van der Waals surface area contributed by atoms with Crippen molar-refractivity contribution < 1.29 is 9.59 Å². The number of primary amides is 1. The second-order valence-corrected chi connectivity index (χ2v) is 5.26. The Hall–Kier alpha value is -2.69. The number of nitrogens with zero attached hydrogens (tertiary/aromatic N) is 2. The predicted octanol–water partition coefficient (Wildman–Crippen LogP) is 1.04. The van der Waals surface area contributed by atoms with Crippen molar-refractivity contribution in [3.63, 3.8) is 0 Å². The van der Waals surface area contributed by atoms with Gasteiger partial charge in [-0.3, -0.25) is 14.6 Å². The van der Waals surface area contributed by atoms with Crippen LogP contribution in [0.25, 0.3) is 0 Å². The van der Waals surface area contributed by atoms with Gasteiger partial charge in [0.2, 0.25) is 11.8 Å². The molecule has 111 valence electrons. The average molecular weight is 294 g/mol. The zero-order valence-corrected chi connectivity index (χ0v) is 12.0. The van der Waals surface area contributed by atoms with Crippen LogP contribution >= 0.6 is 0 Å². The van der Waals surface area contributed by atoms with Gasteiger partial charge in [-0.2, -0.15) is 0 Å². The first-order valence-corrected chi connectivity index (χ1v) is 7.14. The van der Waals surface area contributed by atoms with E-state index >= 15 is 0 Å². The largest absolute Gasteiger partial charge is 0.368 e. The monoisotopic (exact) mass is 294 g/mol. The SMILES string of the molecule is NC(=O)C1c2cc[c]cc2CCN1C(=O)Cc1ccccn1. The number of nitrogens with two attached hydrogens (primary N) is 1. The Labute approximate surface area is 128 Å². The highest BCUT2D eigenvalue weighted by Gasteiger charge is 2.34. The summed E-state index contributed by atoms with van der Waals surface area (Å²) in [6.07, 6.45) is 2.51. The Bertz CT molecular complexity index is 700. The van der Waals surface area contributed by atoms with Crippen LogP contribution in [0.3, 0.4) is 0 Å². The van der Waals surface area contributed by atoms with Gasteiger partial charge in [-0.05, 0) is 35.7 Å². The summed E-state index contributed by atoms with van der Waals surface area (Å²) in [5.41, 5.74) is 8.05. The molecule has 0 aliphatic carbocycles. The Morgan fingerprint density at radius 3 is 2.95 bits per heavy atom. The van der Waals surface area contributed by atoms with E-state index in [1.807, 2.05) is 18.2 Å². The Morgan fingerprint density at radius 1 is 1.36 bits per heavy atom. The molecule has 2 heterocycles. The molecule has 5 heteroatoms. The number of carbonyl (C=O) groups excluding carboxylic acids is 2. The van der Waals surface area contributed by atoms with Crippen LogP contribution in [0.1, 0.15) is 22.9 Å². The number of hydrogen-bond acceptors (Lipinski definition) is 3. The van der Waals surface area contributed by atoms with E-state index in [1.165, 1.54) is 0 Å². The van der Waals surface area contributed by atoms with E-state index in [0.29, 0.717) is 18.7 Å². The first kappa shape index (κ1) is 14.3. The standard InChI is InChI=1S/C17H16N3O2/c18-17(22)16-14-7-2-1-5-12(14)8-10-20(16)15(21)11-13-6-3-4-9-19-13/h2-7,9,16H,8,10-11H2,(H2,18,22). The minimum absolute atomic E-state index is 0.138. The van der Waals surface area contributed by atoms with Crippen LogP contribution in [0.2, 0.25) is 0 Å². The molecule has 1 atom stereocenters. The topological polar surface area (TPSA) is 76.3 Å². The average Bonchev–Trinajstić information content (AvgIpc) is 2.54. The quantitative estimate of drug-likeness (QED) is 0.918. The van der Waals surface area contributed by atoms with Gasteiger partial charge in [0.1, 0.15) is 6.04 Å². The molecule has 0 saturated heterocycles. The number of amides is 2. The fraction of sp³-hybridized carbons (Fsp3) is 0.235. The molecular formula is C17H16N3O2. The van der Waals surface area contributed by atoms with Crippen LogP contribution in [0.5, 0.6) is 0 Å². The van der Waals surface area contributed by atoms with Crippen molar-refractivity contribution in [2.75, 3.05) is 6.54 Å². The summed E-state index contributed by atoms with van der Waals surface area (Å²) in [5, 5.41) is 0. The number of aromatic nitrogens is 1. The van der Waals surface area contributed by atoms with Crippen LogP contribution in [0, 0.1) is 6.07 Å².